The summed E-state index contributed by atoms with van der Waals surface area (Å²) in [5.74, 6) is 2.03. The zero-order valence-corrected chi connectivity index (χ0v) is 15.5. The second-order valence-corrected chi connectivity index (χ2v) is 6.93. The lowest BCUT2D eigenvalue weighted by Gasteiger charge is -2.34. The minimum Gasteiger partial charge on any atom is -0.353 e. The third-order valence-corrected chi connectivity index (χ3v) is 4.89. The molecule has 0 unspecified atom stereocenters. The molecule has 3 aromatic rings. The average molecular weight is 390 g/mol. The van der Waals surface area contributed by atoms with Gasteiger partial charge in [0, 0.05) is 43.0 Å². The van der Waals surface area contributed by atoms with Gasteiger partial charge in [0.25, 0.3) is 0 Å². The van der Waals surface area contributed by atoms with Crippen LogP contribution in [-0.2, 0) is 6.54 Å². The van der Waals surface area contributed by atoms with Crippen molar-refractivity contribution in [2.45, 2.75) is 6.54 Å². The third-order valence-electron chi connectivity index (χ3n) is 4.34. The largest absolute Gasteiger partial charge is 0.353 e. The number of pyridine rings is 1. The van der Waals surface area contributed by atoms with Crippen molar-refractivity contribution in [2.75, 3.05) is 31.1 Å². The van der Waals surface area contributed by atoms with E-state index in [9.17, 15) is 0 Å². The molecule has 134 valence electrons. The Bertz CT molecular complexity index is 875. The van der Waals surface area contributed by atoms with Crippen LogP contribution in [0.15, 0.2) is 47.1 Å². The molecule has 1 fully saturated rings. The second-order valence-electron chi connectivity index (χ2n) is 6.09. The van der Waals surface area contributed by atoms with Crippen molar-refractivity contribution in [1.29, 1.82) is 0 Å². The normalized spacial score (nSPS) is 15.4. The number of benzene rings is 1. The van der Waals surface area contributed by atoms with Crippen molar-refractivity contribution in [1.82, 2.24) is 20.0 Å². The topological polar surface area (TPSA) is 58.3 Å². The molecule has 3 heterocycles. The molecule has 1 aliphatic rings. The molecule has 2 aromatic heterocycles. The van der Waals surface area contributed by atoms with Crippen LogP contribution in [0, 0.1) is 0 Å². The second kappa shape index (κ2) is 7.61. The van der Waals surface area contributed by atoms with Gasteiger partial charge in [0.1, 0.15) is 5.82 Å². The summed E-state index contributed by atoms with van der Waals surface area (Å²) in [4.78, 5) is 13.3. The van der Waals surface area contributed by atoms with E-state index < -0.39 is 0 Å². The van der Waals surface area contributed by atoms with Crippen molar-refractivity contribution >= 4 is 29.0 Å². The maximum absolute atomic E-state index is 6.24. The number of aromatic nitrogens is 3. The lowest BCUT2D eigenvalue weighted by molar-refractivity contribution is 0.215. The highest BCUT2D eigenvalue weighted by atomic mass is 35.5. The summed E-state index contributed by atoms with van der Waals surface area (Å²) < 4.78 is 5.40. The predicted molar refractivity (Wildman–Crippen MR) is 101 cm³/mol. The average Bonchev–Trinajstić information content (AvgIpc) is 3.12. The van der Waals surface area contributed by atoms with E-state index in [4.69, 9.17) is 27.7 Å². The van der Waals surface area contributed by atoms with Crippen molar-refractivity contribution in [3.05, 3.63) is 58.5 Å². The van der Waals surface area contributed by atoms with Crippen molar-refractivity contribution in [3.8, 4) is 11.4 Å². The van der Waals surface area contributed by atoms with Gasteiger partial charge in [0.05, 0.1) is 11.6 Å². The van der Waals surface area contributed by atoms with E-state index in [-0.39, 0.29) is 0 Å². The van der Waals surface area contributed by atoms with Gasteiger partial charge in [-0.1, -0.05) is 28.4 Å². The quantitative estimate of drug-likeness (QED) is 0.676. The molecule has 0 spiro atoms. The van der Waals surface area contributed by atoms with Crippen LogP contribution < -0.4 is 4.90 Å². The molecular weight excluding hydrogens is 373 g/mol. The lowest BCUT2D eigenvalue weighted by Crippen LogP contribution is -2.46. The highest BCUT2D eigenvalue weighted by molar-refractivity contribution is 6.32. The van der Waals surface area contributed by atoms with E-state index in [1.54, 1.807) is 6.20 Å². The Morgan fingerprint density at radius 2 is 1.77 bits per heavy atom. The van der Waals surface area contributed by atoms with Gasteiger partial charge in [-0.25, -0.2) is 4.98 Å². The minimum atomic E-state index is 0.579. The fourth-order valence-electron chi connectivity index (χ4n) is 2.95. The van der Waals surface area contributed by atoms with Crippen LogP contribution in [0.5, 0.6) is 0 Å². The van der Waals surface area contributed by atoms with Gasteiger partial charge in [-0.15, -0.1) is 0 Å². The van der Waals surface area contributed by atoms with E-state index >= 15 is 0 Å². The predicted octanol–water partition coefficient (Wildman–Crippen LogP) is 3.76. The first-order valence-electron chi connectivity index (χ1n) is 8.35. The fraction of sp³-hybridized carbons (Fsp3) is 0.278. The Labute approximate surface area is 161 Å². The van der Waals surface area contributed by atoms with Crippen molar-refractivity contribution < 1.29 is 4.52 Å². The van der Waals surface area contributed by atoms with E-state index in [2.05, 4.69) is 24.9 Å². The number of rotatable bonds is 4. The SMILES string of the molecule is Clc1ccc(-c2noc(CN3CCN(c4ncccc4Cl)CC3)n2)cc1. The Balaban J connectivity index is 1.36. The molecule has 26 heavy (non-hydrogen) atoms. The van der Waals surface area contributed by atoms with E-state index in [0.29, 0.717) is 28.3 Å². The maximum atomic E-state index is 6.24. The van der Waals surface area contributed by atoms with Crippen LogP contribution >= 0.6 is 23.2 Å². The summed E-state index contributed by atoms with van der Waals surface area (Å²) >= 11 is 12.1. The highest BCUT2D eigenvalue weighted by Crippen LogP contribution is 2.24. The first-order chi connectivity index (χ1) is 12.7. The summed E-state index contributed by atoms with van der Waals surface area (Å²) in [6.07, 6.45) is 1.77. The van der Waals surface area contributed by atoms with Gasteiger partial charge in [-0.3, -0.25) is 4.90 Å². The van der Waals surface area contributed by atoms with Crippen LogP contribution in [0.1, 0.15) is 5.89 Å². The van der Waals surface area contributed by atoms with E-state index in [1.807, 2.05) is 36.4 Å². The first-order valence-corrected chi connectivity index (χ1v) is 9.11. The van der Waals surface area contributed by atoms with Crippen molar-refractivity contribution in [3.63, 3.8) is 0 Å². The smallest absolute Gasteiger partial charge is 0.241 e. The van der Waals surface area contributed by atoms with Gasteiger partial charge in [-0.2, -0.15) is 4.98 Å². The third kappa shape index (κ3) is 3.82. The minimum absolute atomic E-state index is 0.579. The number of hydrogen-bond donors (Lipinski definition) is 0. The Kier molecular flexibility index (Phi) is 5.06. The van der Waals surface area contributed by atoms with Gasteiger partial charge >= 0.3 is 0 Å². The summed E-state index contributed by atoms with van der Waals surface area (Å²) in [7, 11) is 0. The Hall–Kier alpha value is -2.15. The molecule has 4 rings (SSSR count). The molecule has 6 nitrogen and oxygen atoms in total. The molecule has 0 bridgehead atoms. The van der Waals surface area contributed by atoms with Gasteiger partial charge in [-0.05, 0) is 36.4 Å². The number of nitrogens with zero attached hydrogens (tertiary/aromatic N) is 5. The zero-order valence-electron chi connectivity index (χ0n) is 14.0. The zero-order chi connectivity index (χ0) is 17.9. The number of halogens is 2. The standard InChI is InChI=1S/C18H17Cl2N5O/c19-14-5-3-13(4-6-14)17-22-16(26-23-17)12-24-8-10-25(11-9-24)18-15(20)2-1-7-21-18/h1-7H,8-12H2. The molecule has 1 saturated heterocycles. The van der Waals surface area contributed by atoms with Crippen LogP contribution in [0.2, 0.25) is 10.0 Å². The summed E-state index contributed by atoms with van der Waals surface area (Å²) in [6, 6.07) is 11.1. The summed E-state index contributed by atoms with van der Waals surface area (Å²) in [6.45, 7) is 4.10. The molecular formula is C18H17Cl2N5O. The highest BCUT2D eigenvalue weighted by Gasteiger charge is 2.21. The molecule has 0 radical (unpaired) electrons. The summed E-state index contributed by atoms with van der Waals surface area (Å²) in [5, 5.41) is 5.43. The van der Waals surface area contributed by atoms with Crippen molar-refractivity contribution in [2.24, 2.45) is 0 Å². The summed E-state index contributed by atoms with van der Waals surface area (Å²) in [5.41, 5.74) is 0.888. The van der Waals surface area contributed by atoms with Gasteiger partial charge < -0.3 is 9.42 Å². The van der Waals surface area contributed by atoms with E-state index in [0.717, 1.165) is 37.6 Å². The molecule has 8 heteroatoms. The molecule has 1 aliphatic heterocycles. The van der Waals surface area contributed by atoms with E-state index in [1.165, 1.54) is 0 Å². The van der Waals surface area contributed by atoms with Gasteiger partial charge in [0.15, 0.2) is 0 Å². The molecule has 0 saturated carbocycles. The van der Waals surface area contributed by atoms with Crippen LogP contribution in [0.3, 0.4) is 0 Å². The molecule has 1 aromatic carbocycles. The lowest BCUT2D eigenvalue weighted by atomic mass is 10.2. The molecule has 0 aliphatic carbocycles. The van der Waals surface area contributed by atoms with Crippen LogP contribution in [-0.4, -0.2) is 46.2 Å². The number of anilines is 1. The Morgan fingerprint density at radius 3 is 2.50 bits per heavy atom. The first kappa shape index (κ1) is 17.3. The van der Waals surface area contributed by atoms with Crippen LogP contribution in [0.4, 0.5) is 5.82 Å². The fourth-order valence-corrected chi connectivity index (χ4v) is 3.32. The molecule has 0 amide bonds. The number of piperazine rings is 1. The van der Waals surface area contributed by atoms with Crippen LogP contribution in [0.25, 0.3) is 11.4 Å². The molecule has 0 atom stereocenters. The maximum Gasteiger partial charge on any atom is 0.241 e. The number of hydrogen-bond acceptors (Lipinski definition) is 6. The van der Waals surface area contributed by atoms with Gasteiger partial charge in [0.2, 0.25) is 11.7 Å². The molecule has 0 N–H and O–H groups in total. The Morgan fingerprint density at radius 1 is 1.00 bits per heavy atom. The monoisotopic (exact) mass is 389 g/mol.